The molecule has 0 spiro atoms. The van der Waals surface area contributed by atoms with Crippen LogP contribution in [-0.4, -0.2) is 43.5 Å². The van der Waals surface area contributed by atoms with Crippen molar-refractivity contribution in [2.75, 3.05) is 19.6 Å². The Morgan fingerprint density at radius 1 is 1.45 bits per heavy atom. The molecule has 1 aromatic heterocycles. The van der Waals surface area contributed by atoms with Gasteiger partial charge in [-0.15, -0.1) is 0 Å². The third-order valence-electron chi connectivity index (χ3n) is 2.71. The van der Waals surface area contributed by atoms with Gasteiger partial charge in [0.2, 0.25) is 5.91 Å². The second kappa shape index (κ2) is 7.36. The highest BCUT2D eigenvalue weighted by molar-refractivity contribution is 7.89. The van der Waals surface area contributed by atoms with Crippen molar-refractivity contribution in [3.05, 3.63) is 12.0 Å². The van der Waals surface area contributed by atoms with Crippen molar-refractivity contribution in [1.82, 2.24) is 19.6 Å². The van der Waals surface area contributed by atoms with E-state index in [0.717, 1.165) is 0 Å². The molecule has 1 heterocycles. The molecule has 0 aliphatic rings. The number of aryl methyl sites for hydroxylation is 2. The monoisotopic (exact) mass is 303 g/mol. The van der Waals surface area contributed by atoms with Crippen LogP contribution in [0.2, 0.25) is 0 Å². The van der Waals surface area contributed by atoms with Crippen molar-refractivity contribution < 1.29 is 13.2 Å². The normalized spacial score (nSPS) is 11.6. The third-order valence-corrected chi connectivity index (χ3v) is 4.04. The maximum absolute atomic E-state index is 11.9. The lowest BCUT2D eigenvalue weighted by Gasteiger charge is -2.05. The number of carbonyl (C=O) groups excluding carboxylic acids is 1. The number of amides is 1. The van der Waals surface area contributed by atoms with Crippen molar-refractivity contribution in [1.29, 1.82) is 0 Å². The molecule has 0 saturated carbocycles. The van der Waals surface area contributed by atoms with Gasteiger partial charge in [-0.2, -0.15) is 0 Å². The first-order chi connectivity index (χ1) is 9.36. The van der Waals surface area contributed by atoms with E-state index in [-0.39, 0.29) is 23.9 Å². The van der Waals surface area contributed by atoms with E-state index < -0.39 is 10.0 Å². The highest BCUT2D eigenvalue weighted by Gasteiger charge is 2.18. The second-order valence-corrected chi connectivity index (χ2v) is 6.09. The van der Waals surface area contributed by atoms with Crippen LogP contribution in [-0.2, 0) is 21.9 Å². The number of nitrogens with zero attached hydrogens (tertiary/aromatic N) is 2. The third kappa shape index (κ3) is 4.91. The maximum atomic E-state index is 11.9. The molecule has 1 rings (SSSR count). The molecule has 20 heavy (non-hydrogen) atoms. The lowest BCUT2D eigenvalue weighted by molar-refractivity contribution is -0.120. The van der Waals surface area contributed by atoms with Crippen molar-refractivity contribution in [3.63, 3.8) is 0 Å². The van der Waals surface area contributed by atoms with Crippen LogP contribution in [0.1, 0.15) is 18.7 Å². The standard InChI is InChI=1S/C11H21N5O3S/c1-9-15-11(8-16(9)2)20(18,19)14-7-4-10(17)13-6-3-5-12/h8,14H,3-7,12H2,1-2H3,(H,13,17). The average molecular weight is 303 g/mol. The Morgan fingerprint density at radius 3 is 2.70 bits per heavy atom. The number of imidazole rings is 1. The molecule has 0 saturated heterocycles. The Morgan fingerprint density at radius 2 is 2.15 bits per heavy atom. The first-order valence-electron chi connectivity index (χ1n) is 6.33. The second-order valence-electron chi connectivity index (χ2n) is 4.38. The molecule has 0 unspecified atom stereocenters. The summed E-state index contributed by atoms with van der Waals surface area (Å²) in [5.41, 5.74) is 5.30. The van der Waals surface area contributed by atoms with E-state index in [1.54, 1.807) is 18.5 Å². The number of carbonyl (C=O) groups is 1. The molecule has 0 aromatic carbocycles. The first-order valence-corrected chi connectivity index (χ1v) is 7.81. The van der Waals surface area contributed by atoms with Gasteiger partial charge in [-0.05, 0) is 19.9 Å². The van der Waals surface area contributed by atoms with Gasteiger partial charge >= 0.3 is 0 Å². The summed E-state index contributed by atoms with van der Waals surface area (Å²) < 4.78 is 27.8. The molecule has 4 N–H and O–H groups in total. The summed E-state index contributed by atoms with van der Waals surface area (Å²) in [6.07, 6.45) is 2.21. The Kier molecular flexibility index (Phi) is 6.11. The summed E-state index contributed by atoms with van der Waals surface area (Å²) in [7, 11) is -1.95. The largest absolute Gasteiger partial charge is 0.356 e. The predicted molar refractivity (Wildman–Crippen MR) is 74.4 cm³/mol. The average Bonchev–Trinajstić information content (AvgIpc) is 2.70. The summed E-state index contributed by atoms with van der Waals surface area (Å²) in [6, 6.07) is 0. The molecule has 0 atom stereocenters. The molecular formula is C11H21N5O3S. The molecule has 9 heteroatoms. The molecule has 8 nitrogen and oxygen atoms in total. The molecule has 114 valence electrons. The van der Waals surface area contributed by atoms with Crippen LogP contribution in [0.5, 0.6) is 0 Å². The van der Waals surface area contributed by atoms with Gasteiger partial charge in [0, 0.05) is 32.8 Å². The molecule has 0 radical (unpaired) electrons. The van der Waals surface area contributed by atoms with Crippen LogP contribution in [0.3, 0.4) is 0 Å². The van der Waals surface area contributed by atoms with Crippen molar-refractivity contribution in [3.8, 4) is 0 Å². The quantitative estimate of drug-likeness (QED) is 0.525. The number of nitrogens with two attached hydrogens (primary N) is 1. The number of rotatable bonds is 8. The number of nitrogens with one attached hydrogen (secondary N) is 2. The number of sulfonamides is 1. The number of hydrogen-bond donors (Lipinski definition) is 3. The van der Waals surface area contributed by atoms with E-state index in [4.69, 9.17) is 5.73 Å². The zero-order valence-corrected chi connectivity index (χ0v) is 12.5. The molecule has 0 aliphatic carbocycles. The molecular weight excluding hydrogens is 282 g/mol. The van der Waals surface area contributed by atoms with Crippen LogP contribution < -0.4 is 15.8 Å². The molecule has 1 aromatic rings. The Labute approximate surface area is 118 Å². The minimum Gasteiger partial charge on any atom is -0.356 e. The van der Waals surface area contributed by atoms with E-state index >= 15 is 0 Å². The molecule has 0 aliphatic heterocycles. The smallest absolute Gasteiger partial charge is 0.259 e. The van der Waals surface area contributed by atoms with E-state index in [2.05, 4.69) is 15.0 Å². The maximum Gasteiger partial charge on any atom is 0.259 e. The van der Waals surface area contributed by atoms with Gasteiger partial charge < -0.3 is 15.6 Å². The summed E-state index contributed by atoms with van der Waals surface area (Å²) in [5, 5.41) is 2.61. The van der Waals surface area contributed by atoms with Gasteiger partial charge in [0.15, 0.2) is 5.03 Å². The Hall–Kier alpha value is -1.45. The highest BCUT2D eigenvalue weighted by atomic mass is 32.2. The van der Waals surface area contributed by atoms with Crippen LogP contribution in [0.4, 0.5) is 0 Å². The van der Waals surface area contributed by atoms with Gasteiger partial charge in [0.05, 0.1) is 0 Å². The fourth-order valence-electron chi connectivity index (χ4n) is 1.45. The zero-order valence-electron chi connectivity index (χ0n) is 11.7. The summed E-state index contributed by atoms with van der Waals surface area (Å²) in [5.74, 6) is 0.392. The van der Waals surface area contributed by atoms with Crippen molar-refractivity contribution in [2.45, 2.75) is 24.8 Å². The fraction of sp³-hybridized carbons (Fsp3) is 0.636. The van der Waals surface area contributed by atoms with Crippen LogP contribution in [0, 0.1) is 6.92 Å². The lowest BCUT2D eigenvalue weighted by atomic mass is 10.4. The molecule has 0 fully saturated rings. The number of aromatic nitrogens is 2. The van der Waals surface area contributed by atoms with Crippen molar-refractivity contribution in [2.24, 2.45) is 12.8 Å². The Bertz CT molecular complexity index is 533. The molecule has 1 amide bonds. The van der Waals surface area contributed by atoms with Gasteiger partial charge in [-0.25, -0.2) is 18.1 Å². The minimum atomic E-state index is -3.66. The van der Waals surface area contributed by atoms with E-state index in [9.17, 15) is 13.2 Å². The van der Waals surface area contributed by atoms with Gasteiger partial charge in [-0.1, -0.05) is 0 Å². The van der Waals surface area contributed by atoms with E-state index in [0.29, 0.717) is 25.3 Å². The van der Waals surface area contributed by atoms with E-state index in [1.165, 1.54) is 6.20 Å². The topological polar surface area (TPSA) is 119 Å². The van der Waals surface area contributed by atoms with Crippen molar-refractivity contribution >= 4 is 15.9 Å². The van der Waals surface area contributed by atoms with Gasteiger partial charge in [-0.3, -0.25) is 4.79 Å². The number of hydrogen-bond acceptors (Lipinski definition) is 5. The van der Waals surface area contributed by atoms with Crippen LogP contribution in [0.15, 0.2) is 11.2 Å². The summed E-state index contributed by atoms with van der Waals surface area (Å²) in [6.45, 7) is 2.75. The SMILES string of the molecule is Cc1nc(S(=O)(=O)NCCC(=O)NCCCN)cn1C. The van der Waals surface area contributed by atoms with E-state index in [1.807, 2.05) is 0 Å². The fourth-order valence-corrected chi connectivity index (χ4v) is 2.51. The van der Waals surface area contributed by atoms with Gasteiger partial charge in [0.1, 0.15) is 5.82 Å². The molecule has 0 bridgehead atoms. The Balaban J connectivity index is 2.42. The first kappa shape index (κ1) is 16.6. The summed E-state index contributed by atoms with van der Waals surface area (Å²) >= 11 is 0. The van der Waals surface area contributed by atoms with Crippen LogP contribution >= 0.6 is 0 Å². The predicted octanol–water partition coefficient (Wildman–Crippen LogP) is -1.14. The van der Waals surface area contributed by atoms with Gasteiger partial charge in [0.25, 0.3) is 10.0 Å². The lowest BCUT2D eigenvalue weighted by Crippen LogP contribution is -2.31. The van der Waals surface area contributed by atoms with Crippen LogP contribution in [0.25, 0.3) is 0 Å². The summed E-state index contributed by atoms with van der Waals surface area (Å²) in [4.78, 5) is 15.3. The zero-order chi connectivity index (χ0) is 15.2. The highest BCUT2D eigenvalue weighted by Crippen LogP contribution is 2.07. The minimum absolute atomic E-state index is 0.0341.